The van der Waals surface area contributed by atoms with Crippen molar-refractivity contribution in [1.82, 2.24) is 0 Å². The molecular formula is C26H28O16. The number of benzene rings is 2. The molecule has 2 fully saturated rings. The third-order valence-corrected chi connectivity index (χ3v) is 6.96. The Hall–Kier alpha value is -3.71. The first kappa shape index (κ1) is 29.8. The van der Waals surface area contributed by atoms with Gasteiger partial charge in [0.2, 0.25) is 29.8 Å². The van der Waals surface area contributed by atoms with Gasteiger partial charge in [-0.25, -0.2) is 0 Å². The van der Waals surface area contributed by atoms with E-state index in [0.717, 1.165) is 6.07 Å². The summed E-state index contributed by atoms with van der Waals surface area (Å²) < 4.78 is 27.3. The number of phenolic OH excluding ortho intramolecular Hbond substituents is 3. The fourth-order valence-electron chi connectivity index (χ4n) is 4.58. The van der Waals surface area contributed by atoms with Crippen LogP contribution in [0.4, 0.5) is 0 Å². The van der Waals surface area contributed by atoms with Crippen molar-refractivity contribution in [1.29, 1.82) is 0 Å². The zero-order chi connectivity index (χ0) is 30.5. The minimum atomic E-state index is -1.97. The number of hydrogen-bond donors (Lipinski definition) is 10. The number of rotatable bonds is 6. The van der Waals surface area contributed by atoms with Gasteiger partial charge in [-0.1, -0.05) is 0 Å². The minimum absolute atomic E-state index is 0.0876. The van der Waals surface area contributed by atoms with Crippen molar-refractivity contribution in [2.24, 2.45) is 0 Å². The van der Waals surface area contributed by atoms with Crippen molar-refractivity contribution in [3.05, 3.63) is 40.6 Å². The van der Waals surface area contributed by atoms with Gasteiger partial charge in [0.05, 0.1) is 13.2 Å². The van der Waals surface area contributed by atoms with Crippen molar-refractivity contribution in [3.8, 4) is 40.1 Å². The van der Waals surface area contributed by atoms with E-state index in [0.29, 0.717) is 0 Å². The molecule has 2 saturated heterocycles. The summed E-state index contributed by atoms with van der Waals surface area (Å²) in [6.07, 6.45) is -15.8. The fraction of sp³-hybridized carbons (Fsp3) is 0.423. The third kappa shape index (κ3) is 5.19. The first-order valence-corrected chi connectivity index (χ1v) is 12.6. The lowest BCUT2D eigenvalue weighted by atomic mass is 9.99. The molecule has 10 N–H and O–H groups in total. The molecule has 0 spiro atoms. The highest BCUT2D eigenvalue weighted by Crippen LogP contribution is 2.51. The van der Waals surface area contributed by atoms with Gasteiger partial charge in [0.1, 0.15) is 59.6 Å². The van der Waals surface area contributed by atoms with Crippen LogP contribution in [0.2, 0.25) is 0 Å². The van der Waals surface area contributed by atoms with Gasteiger partial charge < -0.3 is 74.4 Å². The summed E-state index contributed by atoms with van der Waals surface area (Å²) in [5.41, 5.74) is -1.23. The Morgan fingerprint density at radius 2 is 1.43 bits per heavy atom. The van der Waals surface area contributed by atoms with Crippen LogP contribution in [0.5, 0.6) is 28.7 Å². The summed E-state index contributed by atoms with van der Waals surface area (Å²) >= 11 is 0. The summed E-state index contributed by atoms with van der Waals surface area (Å²) in [4.78, 5) is 13.3. The van der Waals surface area contributed by atoms with Crippen molar-refractivity contribution < 1.29 is 74.4 Å². The lowest BCUT2D eigenvalue weighted by Crippen LogP contribution is -2.60. The molecule has 2 aliphatic heterocycles. The van der Waals surface area contributed by atoms with Crippen molar-refractivity contribution in [2.75, 3.05) is 13.2 Å². The average molecular weight is 596 g/mol. The Morgan fingerprint density at radius 3 is 2.10 bits per heavy atom. The summed E-state index contributed by atoms with van der Waals surface area (Å²) in [6.45, 7) is -1.32. The lowest BCUT2D eigenvalue weighted by molar-refractivity contribution is -0.277. The van der Waals surface area contributed by atoms with Gasteiger partial charge in [-0.2, -0.15) is 0 Å². The molecule has 2 aliphatic rings. The van der Waals surface area contributed by atoms with Crippen molar-refractivity contribution in [3.63, 3.8) is 0 Å². The molecular weight excluding hydrogens is 568 g/mol. The van der Waals surface area contributed by atoms with Crippen LogP contribution >= 0.6 is 0 Å². The van der Waals surface area contributed by atoms with E-state index in [1.54, 1.807) is 0 Å². The third-order valence-electron chi connectivity index (χ3n) is 6.96. The molecule has 2 unspecified atom stereocenters. The monoisotopic (exact) mass is 596 g/mol. The maximum Gasteiger partial charge on any atom is 0.229 e. The zero-order valence-corrected chi connectivity index (χ0v) is 21.4. The maximum atomic E-state index is 13.3. The van der Waals surface area contributed by atoms with E-state index in [1.165, 1.54) is 24.3 Å². The molecule has 0 amide bonds. The average Bonchev–Trinajstić information content (AvgIpc) is 2.97. The van der Waals surface area contributed by atoms with Gasteiger partial charge in [0.25, 0.3) is 0 Å². The smallest absolute Gasteiger partial charge is 0.229 e. The van der Waals surface area contributed by atoms with Gasteiger partial charge in [-0.05, 0) is 24.3 Å². The van der Waals surface area contributed by atoms with Crippen molar-refractivity contribution in [2.45, 2.75) is 55.3 Å². The van der Waals surface area contributed by atoms with Crippen LogP contribution in [-0.2, 0) is 9.47 Å². The predicted molar refractivity (Wildman–Crippen MR) is 136 cm³/mol. The molecule has 16 nitrogen and oxygen atoms in total. The molecule has 2 aromatic carbocycles. The van der Waals surface area contributed by atoms with Crippen LogP contribution in [-0.4, -0.2) is 120 Å². The summed E-state index contributed by atoms with van der Waals surface area (Å²) in [5.74, 6) is -3.99. The van der Waals surface area contributed by atoms with Crippen LogP contribution in [0.15, 0.2) is 39.5 Å². The second-order valence-electron chi connectivity index (χ2n) is 9.76. The van der Waals surface area contributed by atoms with Crippen LogP contribution in [0.3, 0.4) is 0 Å². The summed E-state index contributed by atoms with van der Waals surface area (Å²) in [5, 5.41) is 102. The van der Waals surface area contributed by atoms with Gasteiger partial charge >= 0.3 is 0 Å². The van der Waals surface area contributed by atoms with E-state index in [2.05, 4.69) is 0 Å². The minimum Gasteiger partial charge on any atom is -0.508 e. The molecule has 9 atom stereocenters. The van der Waals surface area contributed by atoms with Crippen LogP contribution in [0.25, 0.3) is 22.3 Å². The lowest BCUT2D eigenvalue weighted by Gasteiger charge is -2.39. The van der Waals surface area contributed by atoms with Gasteiger partial charge in [-0.3, -0.25) is 4.79 Å². The van der Waals surface area contributed by atoms with Gasteiger partial charge in [0, 0.05) is 11.6 Å². The van der Waals surface area contributed by atoms with E-state index in [-0.39, 0.29) is 17.1 Å². The van der Waals surface area contributed by atoms with Crippen LogP contribution in [0, 0.1) is 0 Å². The largest absolute Gasteiger partial charge is 0.508 e. The Bertz CT molecular complexity index is 1490. The first-order chi connectivity index (χ1) is 19.9. The van der Waals surface area contributed by atoms with E-state index in [1.807, 2.05) is 0 Å². The molecule has 3 heterocycles. The second-order valence-corrected chi connectivity index (χ2v) is 9.76. The Morgan fingerprint density at radius 1 is 0.786 bits per heavy atom. The Balaban J connectivity index is 1.66. The highest BCUT2D eigenvalue weighted by atomic mass is 16.7. The second kappa shape index (κ2) is 11.5. The normalized spacial score (nSPS) is 31.6. The Labute approximate surface area is 235 Å². The number of fused-ring (bicyclic) bond motifs is 1. The van der Waals surface area contributed by atoms with E-state index in [9.17, 15) is 55.9 Å². The van der Waals surface area contributed by atoms with Crippen molar-refractivity contribution >= 4 is 11.0 Å². The quantitative estimate of drug-likeness (QED) is 0.142. The van der Waals surface area contributed by atoms with Crippen LogP contribution in [0.1, 0.15) is 0 Å². The molecule has 16 heteroatoms. The van der Waals surface area contributed by atoms with E-state index >= 15 is 0 Å². The molecule has 0 aliphatic carbocycles. The molecule has 5 rings (SSSR count). The van der Waals surface area contributed by atoms with E-state index < -0.39 is 108 Å². The number of ether oxygens (including phenoxy) is 4. The van der Waals surface area contributed by atoms with E-state index in [4.69, 9.17) is 23.4 Å². The molecule has 42 heavy (non-hydrogen) atoms. The van der Waals surface area contributed by atoms with Gasteiger partial charge in [-0.15, -0.1) is 0 Å². The standard InChI is InChI=1S/C26H28O16/c27-6-13-16(32)18(34)20(36)26(40-13)42-24-21(37)23(41-25-19(35)15(31)11(30)7-38-25)17(33)14-10(29)5-12(39-22(14)24)8-1-3-9(28)4-2-8/h1-5,11,13,15-16,18-20,25-28,30-37H,6-7H2/t11-,13-,15-,16-,18+,19+,20-,25?,26?/m1/s1. The molecule has 1 aromatic heterocycles. The predicted octanol–water partition coefficient (Wildman–Crippen LogP) is -2.43. The highest BCUT2D eigenvalue weighted by Gasteiger charge is 2.46. The molecule has 0 radical (unpaired) electrons. The van der Waals surface area contributed by atoms with Gasteiger partial charge in [0.15, 0.2) is 16.8 Å². The number of aliphatic hydroxyl groups excluding tert-OH is 7. The maximum absolute atomic E-state index is 13.3. The molecule has 228 valence electrons. The summed E-state index contributed by atoms with van der Waals surface area (Å²) in [6, 6.07) is 6.38. The topological polar surface area (TPSA) is 269 Å². The van der Waals surface area contributed by atoms with Crippen LogP contribution < -0.4 is 14.9 Å². The number of phenols is 3. The zero-order valence-electron chi connectivity index (χ0n) is 21.4. The molecule has 3 aromatic rings. The molecule has 0 bridgehead atoms. The number of aliphatic hydroxyl groups is 7. The summed E-state index contributed by atoms with van der Waals surface area (Å²) in [7, 11) is 0. The Kier molecular flexibility index (Phi) is 8.17. The first-order valence-electron chi connectivity index (χ1n) is 12.6. The number of hydrogen-bond acceptors (Lipinski definition) is 16. The fourth-order valence-corrected chi connectivity index (χ4v) is 4.58. The highest BCUT2D eigenvalue weighted by molar-refractivity contribution is 5.95. The number of aromatic hydroxyl groups is 3. The SMILES string of the molecule is O=c1cc(-c2ccc(O)cc2)oc2c(OC3O[C@H](CO)[C@@H](O)[C@H](O)[C@H]3O)c(O)c(OC3OC[C@@H](O)[C@@H](O)[C@@H]3O)c(O)c12. The molecule has 0 saturated carbocycles.